The van der Waals surface area contributed by atoms with Gasteiger partial charge in [-0.2, -0.15) is 0 Å². The van der Waals surface area contributed by atoms with Gasteiger partial charge in [0.25, 0.3) is 0 Å². The molecule has 6 heteroatoms. The fourth-order valence-electron chi connectivity index (χ4n) is 2.78. The lowest BCUT2D eigenvalue weighted by Crippen LogP contribution is -2.43. The van der Waals surface area contributed by atoms with Gasteiger partial charge < -0.3 is 14.8 Å². The molecule has 0 radical (unpaired) electrons. The van der Waals surface area contributed by atoms with E-state index < -0.39 is 17.2 Å². The van der Waals surface area contributed by atoms with Gasteiger partial charge in [-0.25, -0.2) is 4.79 Å². The van der Waals surface area contributed by atoms with E-state index in [1.165, 1.54) is 0 Å². The van der Waals surface area contributed by atoms with E-state index in [1.54, 1.807) is 20.8 Å². The topological polar surface area (TPSA) is 64.6 Å². The summed E-state index contributed by atoms with van der Waals surface area (Å²) in [6.45, 7) is 6.59. The zero-order valence-corrected chi connectivity index (χ0v) is 17.5. The van der Waals surface area contributed by atoms with Crippen LogP contribution in [0.4, 0.5) is 0 Å². The van der Waals surface area contributed by atoms with Crippen molar-refractivity contribution in [3.8, 4) is 11.8 Å². The van der Waals surface area contributed by atoms with Gasteiger partial charge in [0.1, 0.15) is 9.53 Å². The predicted octanol–water partition coefficient (Wildman–Crippen LogP) is 2.96. The first kappa shape index (κ1) is 20.7. The maximum absolute atomic E-state index is 12.4. The van der Waals surface area contributed by atoms with Crippen LogP contribution < -0.4 is 5.32 Å². The molecule has 0 amide bonds. The van der Waals surface area contributed by atoms with Gasteiger partial charge in [-0.1, -0.05) is 52.9 Å². The summed E-state index contributed by atoms with van der Waals surface area (Å²) < 4.78 is 10.8. The number of halogens is 1. The molecule has 0 saturated carbocycles. The van der Waals surface area contributed by atoms with E-state index in [4.69, 9.17) is 9.47 Å². The van der Waals surface area contributed by atoms with Gasteiger partial charge in [0.15, 0.2) is 5.60 Å². The fourth-order valence-corrected chi connectivity index (χ4v) is 2.91. The number of alkyl halides is 1. The molecule has 1 aromatic rings. The Kier molecular flexibility index (Phi) is 7.07. The van der Waals surface area contributed by atoms with Crippen LogP contribution in [-0.2, 0) is 24.7 Å². The predicted molar refractivity (Wildman–Crippen MR) is 108 cm³/mol. The smallest absolute Gasteiger partial charge is 0.385 e. The Hall–Kier alpha value is -1.59. The van der Waals surface area contributed by atoms with Gasteiger partial charge in [-0.3, -0.25) is 4.79 Å². The standard InChI is InChI=1S/C20H24INO4/c1-15(21)18(24)26-19(2,3)10-9-17(23)25-20(11-13-22-14-12-20)16-7-5-4-6-8-16/h4-8,15,22H,11-14H2,1-3H3. The fraction of sp³-hybridized carbons (Fsp3) is 0.500. The van der Waals surface area contributed by atoms with Gasteiger partial charge in [0.05, 0.1) is 0 Å². The molecule has 1 aliphatic rings. The first-order valence-corrected chi connectivity index (χ1v) is 9.88. The molecule has 5 nitrogen and oxygen atoms in total. The van der Waals surface area contributed by atoms with E-state index in [1.807, 2.05) is 52.9 Å². The normalized spacial score (nSPS) is 17.4. The van der Waals surface area contributed by atoms with Crippen LogP contribution in [0.3, 0.4) is 0 Å². The zero-order valence-electron chi connectivity index (χ0n) is 15.3. The number of ether oxygens (including phenoxy) is 2. The molecule has 2 rings (SSSR count). The lowest BCUT2D eigenvalue weighted by atomic mass is 9.85. The Morgan fingerprint density at radius 1 is 1.23 bits per heavy atom. The highest BCUT2D eigenvalue weighted by atomic mass is 127. The molecule has 1 heterocycles. The van der Waals surface area contributed by atoms with Crippen molar-refractivity contribution in [2.75, 3.05) is 13.1 Å². The van der Waals surface area contributed by atoms with E-state index in [-0.39, 0.29) is 9.89 Å². The Labute approximate surface area is 168 Å². The van der Waals surface area contributed by atoms with Crippen molar-refractivity contribution in [3.63, 3.8) is 0 Å². The van der Waals surface area contributed by atoms with Crippen molar-refractivity contribution in [2.45, 2.75) is 48.7 Å². The molecular weight excluding hydrogens is 445 g/mol. The number of piperidine rings is 1. The average molecular weight is 469 g/mol. The third-order valence-electron chi connectivity index (χ3n) is 4.15. The molecule has 1 unspecified atom stereocenters. The third kappa shape index (κ3) is 5.71. The Morgan fingerprint density at radius 2 is 1.85 bits per heavy atom. The van der Waals surface area contributed by atoms with E-state index in [0.29, 0.717) is 12.8 Å². The Bertz CT molecular complexity index is 698. The number of nitrogens with one attached hydrogen (secondary N) is 1. The van der Waals surface area contributed by atoms with Crippen LogP contribution >= 0.6 is 22.6 Å². The van der Waals surface area contributed by atoms with E-state index in [9.17, 15) is 9.59 Å². The molecule has 140 valence electrons. The van der Waals surface area contributed by atoms with Crippen molar-refractivity contribution in [1.29, 1.82) is 0 Å². The highest BCUT2D eigenvalue weighted by molar-refractivity contribution is 14.1. The van der Waals surface area contributed by atoms with E-state index in [2.05, 4.69) is 17.2 Å². The van der Waals surface area contributed by atoms with E-state index in [0.717, 1.165) is 18.7 Å². The molecule has 0 aliphatic carbocycles. The lowest BCUT2D eigenvalue weighted by molar-refractivity contribution is -0.157. The van der Waals surface area contributed by atoms with Crippen LogP contribution in [0.5, 0.6) is 0 Å². The lowest BCUT2D eigenvalue weighted by Gasteiger charge is -2.37. The first-order valence-electron chi connectivity index (χ1n) is 8.63. The van der Waals surface area contributed by atoms with Crippen molar-refractivity contribution >= 4 is 34.5 Å². The molecular formula is C20H24INO4. The molecule has 0 spiro atoms. The average Bonchev–Trinajstić information content (AvgIpc) is 2.61. The summed E-state index contributed by atoms with van der Waals surface area (Å²) in [5.41, 5.74) is -0.750. The number of hydrogen-bond acceptors (Lipinski definition) is 5. The van der Waals surface area contributed by atoms with Crippen LogP contribution in [0.2, 0.25) is 0 Å². The summed E-state index contributed by atoms with van der Waals surface area (Å²) in [4.78, 5) is 24.1. The van der Waals surface area contributed by atoms with Crippen molar-refractivity contribution < 1.29 is 19.1 Å². The second kappa shape index (κ2) is 8.87. The molecule has 0 aromatic heterocycles. The summed E-state index contributed by atoms with van der Waals surface area (Å²) in [7, 11) is 0. The maximum Gasteiger partial charge on any atom is 0.385 e. The van der Waals surface area contributed by atoms with Crippen LogP contribution in [0.1, 0.15) is 39.2 Å². The molecule has 0 bridgehead atoms. The van der Waals surface area contributed by atoms with Crippen LogP contribution in [-0.4, -0.2) is 34.6 Å². The van der Waals surface area contributed by atoms with Crippen LogP contribution in [0.25, 0.3) is 0 Å². The Balaban J connectivity index is 2.13. The van der Waals surface area contributed by atoms with Crippen LogP contribution in [0, 0.1) is 11.8 Å². The Morgan fingerprint density at radius 3 is 2.42 bits per heavy atom. The third-order valence-corrected chi connectivity index (χ3v) is 4.65. The second-order valence-electron chi connectivity index (χ2n) is 6.80. The van der Waals surface area contributed by atoms with Crippen molar-refractivity contribution in [1.82, 2.24) is 5.32 Å². The minimum atomic E-state index is -1.05. The number of esters is 2. The highest BCUT2D eigenvalue weighted by Gasteiger charge is 2.37. The van der Waals surface area contributed by atoms with Gasteiger partial charge in [-0.15, -0.1) is 0 Å². The maximum atomic E-state index is 12.4. The number of benzene rings is 1. The number of hydrogen-bond donors (Lipinski definition) is 1. The number of carbonyl (C=O) groups excluding carboxylic acids is 2. The quantitative estimate of drug-likeness (QED) is 0.242. The first-order chi connectivity index (χ1) is 12.2. The van der Waals surface area contributed by atoms with E-state index >= 15 is 0 Å². The minimum absolute atomic E-state index is 0.281. The van der Waals surface area contributed by atoms with Crippen molar-refractivity contribution in [3.05, 3.63) is 35.9 Å². The zero-order chi connectivity index (χ0) is 19.2. The van der Waals surface area contributed by atoms with Gasteiger partial charge >= 0.3 is 11.9 Å². The summed E-state index contributed by atoms with van der Waals surface area (Å²) in [5.74, 6) is 4.24. The molecule has 1 aliphatic heterocycles. The molecule has 1 saturated heterocycles. The minimum Gasteiger partial charge on any atom is -0.446 e. The molecule has 1 fully saturated rings. The number of rotatable bonds is 4. The molecule has 26 heavy (non-hydrogen) atoms. The largest absolute Gasteiger partial charge is 0.446 e. The summed E-state index contributed by atoms with van der Waals surface area (Å²) in [6, 6.07) is 9.75. The van der Waals surface area contributed by atoms with Gasteiger partial charge in [-0.05, 0) is 45.3 Å². The molecule has 1 N–H and O–H groups in total. The van der Waals surface area contributed by atoms with Gasteiger partial charge in [0, 0.05) is 18.8 Å². The van der Waals surface area contributed by atoms with Gasteiger partial charge in [0.2, 0.25) is 0 Å². The number of carbonyl (C=O) groups is 2. The van der Waals surface area contributed by atoms with Crippen LogP contribution in [0.15, 0.2) is 30.3 Å². The second-order valence-corrected chi connectivity index (χ2v) is 8.67. The summed E-state index contributed by atoms with van der Waals surface area (Å²) in [6.07, 6.45) is 1.38. The van der Waals surface area contributed by atoms with Crippen molar-refractivity contribution in [2.24, 2.45) is 0 Å². The molecule has 1 atom stereocenters. The monoisotopic (exact) mass is 469 g/mol. The summed E-state index contributed by atoms with van der Waals surface area (Å²) >= 11 is 1.97. The highest BCUT2D eigenvalue weighted by Crippen LogP contribution is 2.34. The SMILES string of the molecule is CC(I)C(=O)OC(C)(C)C#CC(=O)OC1(c2ccccc2)CCNCC1. The molecule has 1 aromatic carbocycles. The summed E-state index contributed by atoms with van der Waals surface area (Å²) in [5, 5.41) is 3.29.